The van der Waals surface area contributed by atoms with Crippen molar-refractivity contribution in [2.45, 2.75) is 44.9 Å². The van der Waals surface area contributed by atoms with Crippen LogP contribution in [-0.2, 0) is 6.18 Å². The predicted molar refractivity (Wildman–Crippen MR) is 85.3 cm³/mol. The fraction of sp³-hybridized carbons (Fsp3) is 0.529. The van der Waals surface area contributed by atoms with E-state index < -0.39 is 12.0 Å². The smallest absolute Gasteiger partial charge is 0.451 e. The van der Waals surface area contributed by atoms with Gasteiger partial charge in [0.05, 0.1) is 11.6 Å². The van der Waals surface area contributed by atoms with Gasteiger partial charge in [-0.1, -0.05) is 32.1 Å². The van der Waals surface area contributed by atoms with Crippen LogP contribution in [-0.4, -0.2) is 29.2 Å². The van der Waals surface area contributed by atoms with Crippen LogP contribution in [0.3, 0.4) is 0 Å². The van der Waals surface area contributed by atoms with E-state index in [-0.39, 0.29) is 17.8 Å². The molecule has 0 N–H and O–H groups in total. The van der Waals surface area contributed by atoms with Crippen LogP contribution in [0, 0.1) is 0 Å². The molecule has 0 saturated carbocycles. The molecule has 1 aliphatic carbocycles. The normalized spacial score (nSPS) is 24.1. The molecule has 4 nitrogen and oxygen atoms in total. The first-order chi connectivity index (χ1) is 11.5. The Morgan fingerprint density at radius 1 is 1.08 bits per heavy atom. The lowest BCUT2D eigenvalue weighted by molar-refractivity contribution is -0.145. The summed E-state index contributed by atoms with van der Waals surface area (Å²) in [5, 5.41) is 0. The summed E-state index contributed by atoms with van der Waals surface area (Å²) in [6, 6.07) is 0. The standard InChI is InChI=1S/C15H14F3N3O.C2H6/c16-15(17,18)14-19-11-9-5-1-2-6-10(9)22-12(11)13(20-14)21-7-3-4-8-21;1-2/h1-2,5-6,9-10H,3-4,7-8H2;1-2H3. The monoisotopic (exact) mass is 339 g/mol. The highest BCUT2D eigenvalue weighted by molar-refractivity contribution is 5.60. The van der Waals surface area contributed by atoms with Crippen LogP contribution < -0.4 is 9.64 Å². The van der Waals surface area contributed by atoms with Crippen LogP contribution >= 0.6 is 0 Å². The summed E-state index contributed by atoms with van der Waals surface area (Å²) in [6.07, 6.45) is 4.37. The maximum Gasteiger partial charge on any atom is 0.451 e. The molecule has 130 valence electrons. The molecular formula is C17H20F3N3O. The van der Waals surface area contributed by atoms with Gasteiger partial charge in [0.1, 0.15) is 6.10 Å². The summed E-state index contributed by atoms with van der Waals surface area (Å²) >= 11 is 0. The molecule has 1 aromatic rings. The van der Waals surface area contributed by atoms with Gasteiger partial charge in [-0.25, -0.2) is 9.97 Å². The zero-order chi connectivity index (χ0) is 17.3. The molecule has 0 radical (unpaired) electrons. The summed E-state index contributed by atoms with van der Waals surface area (Å²) in [7, 11) is 0. The fourth-order valence-electron chi connectivity index (χ4n) is 3.15. The third kappa shape index (κ3) is 2.87. The summed E-state index contributed by atoms with van der Waals surface area (Å²) < 4.78 is 45.2. The number of hydrogen-bond donors (Lipinski definition) is 0. The average molecular weight is 339 g/mol. The van der Waals surface area contributed by atoms with Crippen LogP contribution in [0.5, 0.6) is 5.75 Å². The van der Waals surface area contributed by atoms with Crippen molar-refractivity contribution >= 4 is 5.82 Å². The van der Waals surface area contributed by atoms with Crippen LogP contribution in [0.2, 0.25) is 0 Å². The predicted octanol–water partition coefficient (Wildman–Crippen LogP) is 4.09. The number of rotatable bonds is 1. The summed E-state index contributed by atoms with van der Waals surface area (Å²) in [6.45, 7) is 5.40. The van der Waals surface area contributed by atoms with E-state index in [1.54, 1.807) is 0 Å². The SMILES string of the molecule is CC.FC(F)(F)c1nc2c(c(N3CCCC3)n1)OC1C=CC=CC21. The number of hydrogen-bond acceptors (Lipinski definition) is 4. The second-order valence-electron chi connectivity index (χ2n) is 5.66. The first kappa shape index (κ1) is 16.8. The number of anilines is 1. The Kier molecular flexibility index (Phi) is 4.51. The molecule has 0 bridgehead atoms. The molecule has 24 heavy (non-hydrogen) atoms. The number of alkyl halides is 3. The number of nitrogens with zero attached hydrogens (tertiary/aromatic N) is 3. The Morgan fingerprint density at radius 3 is 2.42 bits per heavy atom. The van der Waals surface area contributed by atoms with Gasteiger partial charge in [-0.15, -0.1) is 0 Å². The molecule has 2 aliphatic heterocycles. The minimum Gasteiger partial charge on any atom is -0.479 e. The Morgan fingerprint density at radius 2 is 1.75 bits per heavy atom. The second kappa shape index (κ2) is 6.45. The van der Waals surface area contributed by atoms with Crippen LogP contribution in [0.1, 0.15) is 44.1 Å². The first-order valence-corrected chi connectivity index (χ1v) is 8.30. The van der Waals surface area contributed by atoms with E-state index in [0.29, 0.717) is 24.5 Å². The molecule has 4 rings (SSSR count). The minimum absolute atomic E-state index is 0.273. The molecular weight excluding hydrogens is 319 g/mol. The molecule has 7 heteroatoms. The number of halogens is 3. The lowest BCUT2D eigenvalue weighted by Crippen LogP contribution is -2.23. The highest BCUT2D eigenvalue weighted by Crippen LogP contribution is 2.46. The van der Waals surface area contributed by atoms with Gasteiger partial charge in [0.2, 0.25) is 5.82 Å². The fourth-order valence-corrected chi connectivity index (χ4v) is 3.15. The zero-order valence-electron chi connectivity index (χ0n) is 13.7. The molecule has 1 aromatic heterocycles. The lowest BCUT2D eigenvalue weighted by Gasteiger charge is -2.20. The molecule has 0 aromatic carbocycles. The van der Waals surface area contributed by atoms with Gasteiger partial charge >= 0.3 is 6.18 Å². The largest absolute Gasteiger partial charge is 0.479 e. The van der Waals surface area contributed by atoms with Crippen molar-refractivity contribution in [3.8, 4) is 5.75 Å². The second-order valence-corrected chi connectivity index (χ2v) is 5.66. The molecule has 2 atom stereocenters. The summed E-state index contributed by atoms with van der Waals surface area (Å²) in [5.41, 5.74) is 0.342. The van der Waals surface area contributed by atoms with Crippen LogP contribution in [0.4, 0.5) is 19.0 Å². The number of fused-ring (bicyclic) bond motifs is 3. The maximum absolute atomic E-state index is 13.1. The van der Waals surface area contributed by atoms with E-state index in [1.807, 2.05) is 43.1 Å². The Balaban J connectivity index is 0.000000815. The van der Waals surface area contributed by atoms with E-state index in [9.17, 15) is 13.2 Å². The number of ether oxygens (including phenoxy) is 1. The van der Waals surface area contributed by atoms with E-state index in [1.165, 1.54) is 0 Å². The summed E-state index contributed by atoms with van der Waals surface area (Å²) in [4.78, 5) is 9.40. The highest BCUT2D eigenvalue weighted by Gasteiger charge is 2.43. The number of aromatic nitrogens is 2. The molecule has 1 saturated heterocycles. The Labute approximate surface area is 139 Å². The molecule has 0 spiro atoms. The third-order valence-corrected chi connectivity index (χ3v) is 4.19. The van der Waals surface area contributed by atoms with Crippen LogP contribution in [0.15, 0.2) is 24.3 Å². The minimum atomic E-state index is -4.56. The highest BCUT2D eigenvalue weighted by atomic mass is 19.4. The first-order valence-electron chi connectivity index (χ1n) is 8.30. The van der Waals surface area contributed by atoms with Gasteiger partial charge < -0.3 is 9.64 Å². The van der Waals surface area contributed by atoms with Crippen molar-refractivity contribution in [1.82, 2.24) is 9.97 Å². The quantitative estimate of drug-likeness (QED) is 0.772. The van der Waals surface area contributed by atoms with Gasteiger partial charge in [0, 0.05) is 13.1 Å². The van der Waals surface area contributed by atoms with Gasteiger partial charge in [-0.3, -0.25) is 0 Å². The molecule has 2 unspecified atom stereocenters. The Bertz CT molecular complexity index is 664. The molecule has 0 amide bonds. The Hall–Kier alpha value is -2.05. The van der Waals surface area contributed by atoms with E-state index in [0.717, 1.165) is 12.8 Å². The molecule has 3 heterocycles. The van der Waals surface area contributed by atoms with E-state index in [2.05, 4.69) is 9.97 Å². The van der Waals surface area contributed by atoms with Crippen LogP contribution in [0.25, 0.3) is 0 Å². The average Bonchev–Trinajstić information content (AvgIpc) is 3.22. The van der Waals surface area contributed by atoms with Gasteiger partial charge in [-0.2, -0.15) is 13.2 Å². The van der Waals surface area contributed by atoms with Crippen molar-refractivity contribution in [1.29, 1.82) is 0 Å². The van der Waals surface area contributed by atoms with Gasteiger partial charge in [-0.05, 0) is 18.9 Å². The van der Waals surface area contributed by atoms with Crippen molar-refractivity contribution in [2.75, 3.05) is 18.0 Å². The van der Waals surface area contributed by atoms with E-state index >= 15 is 0 Å². The molecule has 1 fully saturated rings. The van der Waals surface area contributed by atoms with Crippen molar-refractivity contribution in [3.05, 3.63) is 35.8 Å². The van der Waals surface area contributed by atoms with Crippen molar-refractivity contribution < 1.29 is 17.9 Å². The maximum atomic E-state index is 13.1. The van der Waals surface area contributed by atoms with Gasteiger partial charge in [0.25, 0.3) is 0 Å². The number of allylic oxidation sites excluding steroid dienone is 2. The topological polar surface area (TPSA) is 38.2 Å². The van der Waals surface area contributed by atoms with Crippen molar-refractivity contribution in [2.24, 2.45) is 0 Å². The summed E-state index contributed by atoms with van der Waals surface area (Å²) in [5.74, 6) is -0.669. The molecule has 3 aliphatic rings. The van der Waals surface area contributed by atoms with E-state index in [4.69, 9.17) is 4.74 Å². The van der Waals surface area contributed by atoms with Gasteiger partial charge in [0.15, 0.2) is 11.6 Å². The zero-order valence-corrected chi connectivity index (χ0v) is 13.7. The lowest BCUT2D eigenvalue weighted by atomic mass is 9.96. The van der Waals surface area contributed by atoms with Crippen molar-refractivity contribution in [3.63, 3.8) is 0 Å². The third-order valence-electron chi connectivity index (χ3n) is 4.19.